The van der Waals surface area contributed by atoms with Crippen molar-refractivity contribution in [2.45, 2.75) is 13.0 Å². The molecule has 2 aromatic rings. The maximum Gasteiger partial charge on any atom is 0.184 e. The topological polar surface area (TPSA) is 29.5 Å². The molecule has 0 spiro atoms. The van der Waals surface area contributed by atoms with E-state index in [0.717, 1.165) is 0 Å². The van der Waals surface area contributed by atoms with Crippen molar-refractivity contribution in [1.82, 2.24) is 0 Å². The van der Waals surface area contributed by atoms with E-state index in [-0.39, 0.29) is 22.1 Å². The highest BCUT2D eigenvalue weighted by Gasteiger charge is 2.17. The first kappa shape index (κ1) is 13.8. The van der Waals surface area contributed by atoms with Crippen LogP contribution in [0.25, 0.3) is 0 Å². The van der Waals surface area contributed by atoms with E-state index >= 15 is 0 Å². The fraction of sp³-hybridized carbons (Fsp3) is 0.143. The maximum atomic E-state index is 13.7. The molecule has 0 saturated carbocycles. The van der Waals surface area contributed by atoms with E-state index in [2.05, 4.69) is 0 Å². The standard InChI is InChI=1S/C14H11ClF2O2/c1-8(18)9-4-2-6-11(16)14(9)19-12-7-3-5-10(15)13(12)17/h2-8,18H,1H3/t8-/m0/s1. The molecule has 0 fully saturated rings. The number of para-hydroxylation sites is 1. The van der Waals surface area contributed by atoms with Gasteiger partial charge in [-0.1, -0.05) is 29.8 Å². The number of hydrogen-bond acceptors (Lipinski definition) is 2. The summed E-state index contributed by atoms with van der Waals surface area (Å²) in [6, 6.07) is 8.30. The van der Waals surface area contributed by atoms with Crippen LogP contribution in [-0.2, 0) is 0 Å². The predicted octanol–water partition coefficient (Wildman–Crippen LogP) is 4.46. The highest BCUT2D eigenvalue weighted by molar-refractivity contribution is 6.30. The summed E-state index contributed by atoms with van der Waals surface area (Å²) in [7, 11) is 0. The minimum atomic E-state index is -0.937. The van der Waals surface area contributed by atoms with Gasteiger partial charge in [0.25, 0.3) is 0 Å². The lowest BCUT2D eigenvalue weighted by Gasteiger charge is -2.14. The second-order valence-electron chi connectivity index (χ2n) is 3.99. The zero-order valence-corrected chi connectivity index (χ0v) is 10.8. The Hall–Kier alpha value is -1.65. The third-order valence-electron chi connectivity index (χ3n) is 2.58. The molecule has 2 rings (SSSR count). The number of aliphatic hydroxyl groups excluding tert-OH is 1. The number of benzene rings is 2. The van der Waals surface area contributed by atoms with Gasteiger partial charge in [0.1, 0.15) is 0 Å². The molecular formula is C14H11ClF2O2. The minimum Gasteiger partial charge on any atom is -0.451 e. The van der Waals surface area contributed by atoms with Gasteiger partial charge in [0.05, 0.1) is 11.1 Å². The molecular weight excluding hydrogens is 274 g/mol. The van der Waals surface area contributed by atoms with E-state index in [1.807, 2.05) is 0 Å². The molecule has 19 heavy (non-hydrogen) atoms. The molecule has 0 aliphatic carbocycles. The first-order valence-electron chi connectivity index (χ1n) is 5.59. The SMILES string of the molecule is C[C@H](O)c1cccc(F)c1Oc1cccc(Cl)c1F. The van der Waals surface area contributed by atoms with Crippen LogP contribution in [0.3, 0.4) is 0 Å². The summed E-state index contributed by atoms with van der Waals surface area (Å²) >= 11 is 5.62. The van der Waals surface area contributed by atoms with Crippen LogP contribution in [0.1, 0.15) is 18.6 Å². The summed E-state index contributed by atoms with van der Waals surface area (Å²) in [5.74, 6) is -1.86. The Balaban J connectivity index is 2.46. The van der Waals surface area contributed by atoms with Gasteiger partial charge in [-0.3, -0.25) is 0 Å². The van der Waals surface area contributed by atoms with Crippen molar-refractivity contribution in [2.75, 3.05) is 0 Å². The van der Waals surface area contributed by atoms with Gasteiger partial charge in [0.15, 0.2) is 23.1 Å². The summed E-state index contributed by atoms with van der Waals surface area (Å²) in [5, 5.41) is 9.45. The molecule has 1 atom stereocenters. The first-order valence-corrected chi connectivity index (χ1v) is 5.97. The molecule has 0 amide bonds. The molecule has 0 unspecified atom stereocenters. The molecule has 0 radical (unpaired) electrons. The number of aliphatic hydroxyl groups is 1. The molecule has 5 heteroatoms. The normalized spacial score (nSPS) is 12.3. The maximum absolute atomic E-state index is 13.7. The van der Waals surface area contributed by atoms with Gasteiger partial charge < -0.3 is 9.84 Å². The van der Waals surface area contributed by atoms with E-state index in [9.17, 15) is 13.9 Å². The van der Waals surface area contributed by atoms with Gasteiger partial charge in [0.2, 0.25) is 0 Å². The van der Waals surface area contributed by atoms with Crippen molar-refractivity contribution in [2.24, 2.45) is 0 Å². The van der Waals surface area contributed by atoms with Crippen LogP contribution in [0.5, 0.6) is 11.5 Å². The van der Waals surface area contributed by atoms with E-state index in [1.54, 1.807) is 0 Å². The van der Waals surface area contributed by atoms with Crippen LogP contribution in [0.2, 0.25) is 5.02 Å². The number of ether oxygens (including phenoxy) is 1. The quantitative estimate of drug-likeness (QED) is 0.901. The largest absolute Gasteiger partial charge is 0.451 e. The van der Waals surface area contributed by atoms with E-state index in [4.69, 9.17) is 16.3 Å². The number of rotatable bonds is 3. The summed E-state index contributed by atoms with van der Waals surface area (Å²) in [4.78, 5) is 0. The van der Waals surface area contributed by atoms with Crippen LogP contribution in [-0.4, -0.2) is 5.11 Å². The minimum absolute atomic E-state index is 0.118. The van der Waals surface area contributed by atoms with Gasteiger partial charge in [-0.2, -0.15) is 0 Å². The highest BCUT2D eigenvalue weighted by atomic mass is 35.5. The van der Waals surface area contributed by atoms with Crippen molar-refractivity contribution in [3.05, 3.63) is 58.6 Å². The average molecular weight is 285 g/mol. The molecule has 0 bridgehead atoms. The van der Waals surface area contributed by atoms with E-state index in [1.165, 1.54) is 43.3 Å². The van der Waals surface area contributed by atoms with Gasteiger partial charge >= 0.3 is 0 Å². The Labute approximate surface area is 114 Å². The van der Waals surface area contributed by atoms with Crippen molar-refractivity contribution < 1.29 is 18.6 Å². The van der Waals surface area contributed by atoms with Crippen molar-refractivity contribution in [3.63, 3.8) is 0 Å². The zero-order chi connectivity index (χ0) is 14.0. The van der Waals surface area contributed by atoms with Crippen LogP contribution in [0.4, 0.5) is 8.78 Å². The lowest BCUT2D eigenvalue weighted by molar-refractivity contribution is 0.194. The lowest BCUT2D eigenvalue weighted by Crippen LogP contribution is -1.99. The van der Waals surface area contributed by atoms with Crippen molar-refractivity contribution in [1.29, 1.82) is 0 Å². The van der Waals surface area contributed by atoms with Crippen LogP contribution in [0, 0.1) is 11.6 Å². The molecule has 2 aromatic carbocycles. The monoisotopic (exact) mass is 284 g/mol. The number of halogens is 3. The van der Waals surface area contributed by atoms with Gasteiger partial charge in [-0.05, 0) is 25.1 Å². The fourth-order valence-electron chi connectivity index (χ4n) is 1.63. The van der Waals surface area contributed by atoms with Crippen molar-refractivity contribution >= 4 is 11.6 Å². The van der Waals surface area contributed by atoms with Gasteiger partial charge in [-0.25, -0.2) is 8.78 Å². The molecule has 0 aliphatic heterocycles. The molecule has 0 heterocycles. The molecule has 100 valence electrons. The lowest BCUT2D eigenvalue weighted by atomic mass is 10.1. The Kier molecular flexibility index (Phi) is 4.02. The van der Waals surface area contributed by atoms with E-state index in [0.29, 0.717) is 0 Å². The highest BCUT2D eigenvalue weighted by Crippen LogP contribution is 2.34. The summed E-state index contributed by atoms with van der Waals surface area (Å²) in [5.41, 5.74) is 0.236. The average Bonchev–Trinajstić information content (AvgIpc) is 2.36. The Morgan fingerprint density at radius 3 is 2.53 bits per heavy atom. The van der Waals surface area contributed by atoms with Crippen LogP contribution < -0.4 is 4.74 Å². The summed E-state index contributed by atoms with van der Waals surface area (Å²) < 4.78 is 32.7. The Morgan fingerprint density at radius 2 is 1.84 bits per heavy atom. The predicted molar refractivity (Wildman–Crippen MR) is 68.5 cm³/mol. The third-order valence-corrected chi connectivity index (χ3v) is 2.87. The van der Waals surface area contributed by atoms with Gasteiger partial charge in [0, 0.05) is 5.56 Å². The Bertz CT molecular complexity index is 600. The van der Waals surface area contributed by atoms with Gasteiger partial charge in [-0.15, -0.1) is 0 Å². The Morgan fingerprint density at radius 1 is 1.16 bits per heavy atom. The van der Waals surface area contributed by atoms with E-state index < -0.39 is 17.7 Å². The zero-order valence-electron chi connectivity index (χ0n) is 10.0. The summed E-state index contributed by atoms with van der Waals surface area (Å²) in [6.45, 7) is 1.47. The molecule has 0 saturated heterocycles. The molecule has 2 nitrogen and oxygen atoms in total. The third kappa shape index (κ3) is 2.85. The van der Waals surface area contributed by atoms with Crippen molar-refractivity contribution in [3.8, 4) is 11.5 Å². The first-order chi connectivity index (χ1) is 9.00. The second-order valence-corrected chi connectivity index (χ2v) is 4.40. The molecule has 1 N–H and O–H groups in total. The molecule has 0 aromatic heterocycles. The van der Waals surface area contributed by atoms with Crippen LogP contribution >= 0.6 is 11.6 Å². The second kappa shape index (κ2) is 5.55. The molecule has 0 aliphatic rings. The summed E-state index contributed by atoms with van der Waals surface area (Å²) in [6.07, 6.45) is -0.937. The smallest absolute Gasteiger partial charge is 0.184 e. The van der Waals surface area contributed by atoms with Crippen LogP contribution in [0.15, 0.2) is 36.4 Å². The fourth-order valence-corrected chi connectivity index (χ4v) is 1.80. The number of hydrogen-bond donors (Lipinski definition) is 1.